The maximum atomic E-state index is 12.1. The number of nitrogens with zero attached hydrogens (tertiary/aromatic N) is 3. The Morgan fingerprint density at radius 2 is 1.56 bits per heavy atom. The van der Waals surface area contributed by atoms with E-state index >= 15 is 0 Å². The number of nitrogens with two attached hydrogens (primary N) is 1. The maximum Gasteiger partial charge on any atom is 0.295 e. The van der Waals surface area contributed by atoms with Crippen LogP contribution in [0.3, 0.4) is 0 Å². The predicted octanol–water partition coefficient (Wildman–Crippen LogP) is 6.85. The number of hydrogen-bond acceptors (Lipinski definition) is 10. The van der Waals surface area contributed by atoms with E-state index in [0.717, 1.165) is 34.7 Å². The van der Waals surface area contributed by atoms with Crippen molar-refractivity contribution in [3.05, 3.63) is 95.6 Å². The monoisotopic (exact) mass is 633 g/mol. The number of nitriles is 1. The van der Waals surface area contributed by atoms with Gasteiger partial charge in [0.05, 0.1) is 11.3 Å². The molecule has 5 rings (SSSR count). The lowest BCUT2D eigenvalue weighted by Gasteiger charge is -2.09. The van der Waals surface area contributed by atoms with Gasteiger partial charge in [-0.25, -0.2) is 0 Å². The summed E-state index contributed by atoms with van der Waals surface area (Å²) in [5.41, 5.74) is 10.3. The van der Waals surface area contributed by atoms with Gasteiger partial charge in [-0.05, 0) is 48.4 Å². The molecule has 5 N–H and O–H groups in total. The van der Waals surface area contributed by atoms with Crippen molar-refractivity contribution in [2.24, 2.45) is 10.2 Å². The minimum atomic E-state index is -4.83. The lowest BCUT2D eigenvalue weighted by molar-refractivity contribution is 0.481. The minimum Gasteiger partial charge on any atom is -0.389 e. The molecule has 5 aromatic rings. The van der Waals surface area contributed by atoms with Crippen LogP contribution in [0.15, 0.2) is 98.9 Å². The Labute approximate surface area is 251 Å². The number of hydrogen-bond donors (Lipinski definition) is 4. The number of rotatable bonds is 8. The summed E-state index contributed by atoms with van der Waals surface area (Å²) in [5, 5.41) is 21.6. The van der Waals surface area contributed by atoms with Crippen LogP contribution in [0.1, 0.15) is 16.7 Å². The molecule has 218 valence electrons. The van der Waals surface area contributed by atoms with E-state index in [0.29, 0.717) is 17.7 Å². The average Bonchev–Trinajstić information content (AvgIpc) is 3.29. The highest BCUT2D eigenvalue weighted by Crippen LogP contribution is 2.45. The number of nitrogen functional groups attached to an aromatic ring is 1. The minimum absolute atomic E-state index is 0.136. The summed E-state index contributed by atoms with van der Waals surface area (Å²) in [7, 11) is -9.58. The molecule has 4 aromatic carbocycles. The van der Waals surface area contributed by atoms with Gasteiger partial charge in [0.15, 0.2) is 0 Å². The van der Waals surface area contributed by atoms with E-state index in [9.17, 15) is 31.2 Å². The Hall–Kier alpha value is -4.65. The maximum absolute atomic E-state index is 12.1. The molecule has 11 nitrogen and oxygen atoms in total. The van der Waals surface area contributed by atoms with Crippen LogP contribution in [0.5, 0.6) is 0 Å². The van der Waals surface area contributed by atoms with E-state index in [-0.39, 0.29) is 32.0 Å². The number of anilines is 2. The van der Waals surface area contributed by atoms with E-state index in [1.807, 2.05) is 43.3 Å². The summed E-state index contributed by atoms with van der Waals surface area (Å²) in [6, 6.07) is 23.4. The smallest absolute Gasteiger partial charge is 0.295 e. The van der Waals surface area contributed by atoms with Crippen LogP contribution in [-0.2, 0) is 26.8 Å². The van der Waals surface area contributed by atoms with Crippen molar-refractivity contribution in [2.45, 2.75) is 23.3 Å². The summed E-state index contributed by atoms with van der Waals surface area (Å²) < 4.78 is 67.7. The molecule has 0 unspecified atom stereocenters. The predicted molar refractivity (Wildman–Crippen MR) is 165 cm³/mol. The zero-order valence-electron chi connectivity index (χ0n) is 22.4. The molecule has 0 aliphatic rings. The fraction of sp³-hybridized carbons (Fsp3) is 0.0690. The van der Waals surface area contributed by atoms with Gasteiger partial charge < -0.3 is 11.1 Å². The van der Waals surface area contributed by atoms with E-state index < -0.39 is 30.0 Å². The largest absolute Gasteiger partial charge is 0.389 e. The third-order valence-electron chi connectivity index (χ3n) is 6.53. The van der Waals surface area contributed by atoms with Crippen molar-refractivity contribution in [1.29, 1.82) is 5.26 Å². The highest BCUT2D eigenvalue weighted by molar-refractivity contribution is 7.86. The first-order valence-electron chi connectivity index (χ1n) is 12.5. The third kappa shape index (κ3) is 6.41. The third-order valence-corrected chi connectivity index (χ3v) is 9.24. The van der Waals surface area contributed by atoms with Gasteiger partial charge in [-0.1, -0.05) is 65.4 Å². The molecule has 0 spiro atoms. The van der Waals surface area contributed by atoms with Crippen LogP contribution in [-0.4, -0.2) is 25.9 Å². The number of nitrogens with one attached hydrogen (secondary N) is 1. The molecule has 0 aliphatic carbocycles. The zero-order valence-corrected chi connectivity index (χ0v) is 24.8. The van der Waals surface area contributed by atoms with Crippen molar-refractivity contribution in [3.8, 4) is 17.2 Å². The first-order valence-corrected chi connectivity index (χ1v) is 16.2. The van der Waals surface area contributed by atoms with Crippen LogP contribution in [0.4, 0.5) is 21.4 Å². The Morgan fingerprint density at radius 1 is 0.884 bits per heavy atom. The zero-order chi connectivity index (χ0) is 30.9. The molecule has 0 fully saturated rings. The van der Waals surface area contributed by atoms with E-state index in [2.05, 4.69) is 21.6 Å². The Bertz CT molecular complexity index is 2150. The molecule has 0 radical (unpaired) electrons. The van der Waals surface area contributed by atoms with E-state index in [4.69, 9.17) is 5.73 Å². The highest BCUT2D eigenvalue weighted by atomic mass is 32.2. The first kappa shape index (κ1) is 29.8. The molecular weight excluding hydrogens is 611 g/mol. The van der Waals surface area contributed by atoms with Gasteiger partial charge in [0.2, 0.25) is 0 Å². The molecule has 43 heavy (non-hydrogen) atoms. The lowest BCUT2D eigenvalue weighted by atomic mass is 10.0. The molecule has 0 aliphatic heterocycles. The number of thiophene rings is 1. The van der Waals surface area contributed by atoms with Crippen molar-refractivity contribution < 1.29 is 25.9 Å². The Balaban J connectivity index is 1.53. The molecule has 0 amide bonds. The fourth-order valence-corrected chi connectivity index (χ4v) is 6.74. The second-order valence-electron chi connectivity index (χ2n) is 9.50. The highest BCUT2D eigenvalue weighted by Gasteiger charge is 2.22. The normalized spacial score (nSPS) is 12.0. The average molecular weight is 634 g/mol. The van der Waals surface area contributed by atoms with Crippen molar-refractivity contribution in [2.75, 3.05) is 11.1 Å². The van der Waals surface area contributed by atoms with Crippen LogP contribution < -0.4 is 11.1 Å². The van der Waals surface area contributed by atoms with Crippen molar-refractivity contribution in [1.82, 2.24) is 0 Å². The molecule has 1 aromatic heterocycles. The van der Waals surface area contributed by atoms with Gasteiger partial charge in [0.1, 0.15) is 25.9 Å². The summed E-state index contributed by atoms with van der Waals surface area (Å²) in [4.78, 5) is -1.20. The summed E-state index contributed by atoms with van der Waals surface area (Å²) in [6.45, 7) is 2.64. The fourth-order valence-electron chi connectivity index (χ4n) is 4.46. The molecule has 0 atom stereocenters. The molecular formula is C29H23N5O6S3. The van der Waals surface area contributed by atoms with Crippen LogP contribution >= 0.6 is 11.3 Å². The standard InChI is InChI=1S/C29H23N5O6S3/c1-17-5-7-18(8-6-17)16-32-20-11-9-19(10-12-20)27-24(15-30)28(31)41-29(27)34-33-21-13-23-22(26(14-21)43(38,39)40)3-2-4-25(23)42(35,36)37/h2-14,32H,16,31H2,1H3,(H,35,36,37)(H,38,39,40). The number of azo groups is 1. The Kier molecular flexibility index (Phi) is 8.02. The van der Waals surface area contributed by atoms with Gasteiger partial charge in [0.25, 0.3) is 20.2 Å². The summed E-state index contributed by atoms with van der Waals surface area (Å²) >= 11 is 0.989. The first-order chi connectivity index (χ1) is 20.3. The molecule has 0 saturated heterocycles. The number of fused-ring (bicyclic) bond motifs is 1. The number of benzene rings is 4. The molecule has 1 heterocycles. The number of aryl methyl sites for hydroxylation is 1. The second kappa shape index (κ2) is 11.6. The van der Waals surface area contributed by atoms with E-state index in [1.54, 1.807) is 12.1 Å². The van der Waals surface area contributed by atoms with Crippen LogP contribution in [0.25, 0.3) is 21.9 Å². The Morgan fingerprint density at radius 3 is 2.19 bits per heavy atom. The lowest BCUT2D eigenvalue weighted by Crippen LogP contribution is -2.03. The van der Waals surface area contributed by atoms with Crippen LogP contribution in [0.2, 0.25) is 0 Å². The SMILES string of the molecule is Cc1ccc(CNc2ccc(-c3c(N=Nc4cc(S(=O)(=O)O)c5cccc(S(=O)(=O)O)c5c4)sc(N)c3C#N)cc2)cc1. The second-order valence-corrected chi connectivity index (χ2v) is 13.3. The van der Waals surface area contributed by atoms with Gasteiger partial charge in [-0.3, -0.25) is 9.11 Å². The van der Waals surface area contributed by atoms with Gasteiger partial charge >= 0.3 is 0 Å². The molecule has 14 heteroatoms. The van der Waals surface area contributed by atoms with E-state index in [1.165, 1.54) is 23.8 Å². The summed E-state index contributed by atoms with van der Waals surface area (Å²) in [5.74, 6) is 0. The van der Waals surface area contributed by atoms with Crippen molar-refractivity contribution >= 4 is 63.7 Å². The summed E-state index contributed by atoms with van der Waals surface area (Å²) in [6.07, 6.45) is 0. The van der Waals surface area contributed by atoms with Crippen LogP contribution in [0, 0.1) is 18.3 Å². The topological polar surface area (TPSA) is 195 Å². The molecule has 0 saturated carbocycles. The van der Waals surface area contributed by atoms with Gasteiger partial charge in [-0.2, -0.15) is 22.1 Å². The van der Waals surface area contributed by atoms with Crippen molar-refractivity contribution in [3.63, 3.8) is 0 Å². The molecule has 0 bridgehead atoms. The quantitative estimate of drug-likeness (QED) is 0.104. The van der Waals surface area contributed by atoms with Gasteiger partial charge in [-0.15, -0.1) is 10.2 Å². The van der Waals surface area contributed by atoms with Gasteiger partial charge in [0, 0.05) is 28.6 Å².